The fourth-order valence-corrected chi connectivity index (χ4v) is 4.29. The number of hydrogen-bond donors (Lipinski definition) is 0. The molecule has 0 bridgehead atoms. The Morgan fingerprint density at radius 3 is 2.77 bits per heavy atom. The Hall–Kier alpha value is -1.10. The standard InChI is InChI=1S/C17H28N2O3/c1-3-15-14-10-19(9-13(14)12(2)22-15)17(21)11-18-8-6-4-5-7-16(18)20/h12-15H,3-11H2,1-2H3. The molecule has 4 atom stereocenters. The van der Waals surface area contributed by atoms with Gasteiger partial charge in [0.05, 0.1) is 18.8 Å². The van der Waals surface area contributed by atoms with Gasteiger partial charge in [0.2, 0.25) is 11.8 Å². The average molecular weight is 308 g/mol. The van der Waals surface area contributed by atoms with Gasteiger partial charge in [0.25, 0.3) is 0 Å². The second kappa shape index (κ2) is 6.57. The maximum atomic E-state index is 12.6. The Morgan fingerprint density at radius 2 is 2.00 bits per heavy atom. The zero-order valence-electron chi connectivity index (χ0n) is 13.8. The molecular formula is C17H28N2O3. The highest BCUT2D eigenvalue weighted by atomic mass is 16.5. The summed E-state index contributed by atoms with van der Waals surface area (Å²) >= 11 is 0. The minimum atomic E-state index is 0.117. The molecule has 124 valence electrons. The first-order valence-electron chi connectivity index (χ1n) is 8.81. The van der Waals surface area contributed by atoms with Crippen LogP contribution in [0.25, 0.3) is 0 Å². The molecular weight excluding hydrogens is 280 g/mol. The lowest BCUT2D eigenvalue weighted by Gasteiger charge is -2.25. The van der Waals surface area contributed by atoms with E-state index in [9.17, 15) is 9.59 Å². The molecule has 0 N–H and O–H groups in total. The van der Waals surface area contributed by atoms with E-state index in [1.807, 2.05) is 4.90 Å². The van der Waals surface area contributed by atoms with Crippen molar-refractivity contribution in [3.63, 3.8) is 0 Å². The van der Waals surface area contributed by atoms with Crippen LogP contribution in [0.1, 0.15) is 46.0 Å². The van der Waals surface area contributed by atoms with Crippen molar-refractivity contribution in [1.29, 1.82) is 0 Å². The molecule has 22 heavy (non-hydrogen) atoms. The minimum Gasteiger partial charge on any atom is -0.375 e. The zero-order chi connectivity index (χ0) is 15.7. The number of fused-ring (bicyclic) bond motifs is 1. The van der Waals surface area contributed by atoms with Crippen LogP contribution < -0.4 is 0 Å². The molecule has 0 spiro atoms. The molecule has 5 heteroatoms. The monoisotopic (exact) mass is 308 g/mol. The number of hydrogen-bond acceptors (Lipinski definition) is 3. The SMILES string of the molecule is CCC1OC(C)C2CN(C(=O)CN3CCCCCC3=O)CC12. The molecule has 0 aliphatic carbocycles. The Labute approximate surface area is 133 Å². The highest BCUT2D eigenvalue weighted by Gasteiger charge is 2.48. The van der Waals surface area contributed by atoms with Crippen LogP contribution in [0.4, 0.5) is 0 Å². The van der Waals surface area contributed by atoms with Gasteiger partial charge in [-0.2, -0.15) is 0 Å². The molecule has 0 aromatic carbocycles. The van der Waals surface area contributed by atoms with Crippen LogP contribution in [0.3, 0.4) is 0 Å². The second-order valence-electron chi connectivity index (χ2n) is 7.04. The molecule has 3 saturated heterocycles. The Bertz CT molecular complexity index is 440. The number of carbonyl (C=O) groups excluding carboxylic acids is 2. The normalized spacial score (nSPS) is 35.6. The summed E-state index contributed by atoms with van der Waals surface area (Å²) < 4.78 is 5.99. The lowest BCUT2D eigenvalue weighted by Crippen LogP contribution is -2.42. The largest absolute Gasteiger partial charge is 0.375 e. The van der Waals surface area contributed by atoms with Crippen molar-refractivity contribution < 1.29 is 14.3 Å². The van der Waals surface area contributed by atoms with Gasteiger partial charge in [-0.15, -0.1) is 0 Å². The van der Waals surface area contributed by atoms with Gasteiger partial charge in [0, 0.05) is 37.9 Å². The van der Waals surface area contributed by atoms with E-state index in [-0.39, 0.29) is 30.6 Å². The highest BCUT2D eigenvalue weighted by molar-refractivity contribution is 5.85. The van der Waals surface area contributed by atoms with Crippen molar-refractivity contribution in [2.75, 3.05) is 26.2 Å². The van der Waals surface area contributed by atoms with Crippen molar-refractivity contribution >= 4 is 11.8 Å². The summed E-state index contributed by atoms with van der Waals surface area (Å²) in [5, 5.41) is 0. The number of nitrogens with zero attached hydrogens (tertiary/aromatic N) is 2. The van der Waals surface area contributed by atoms with Gasteiger partial charge in [-0.3, -0.25) is 9.59 Å². The van der Waals surface area contributed by atoms with Crippen LogP contribution in [0.15, 0.2) is 0 Å². The Balaban J connectivity index is 1.58. The maximum absolute atomic E-state index is 12.6. The average Bonchev–Trinajstić information content (AvgIpc) is 2.99. The van der Waals surface area contributed by atoms with E-state index >= 15 is 0 Å². The van der Waals surface area contributed by atoms with Crippen molar-refractivity contribution in [2.45, 2.75) is 58.2 Å². The molecule has 3 fully saturated rings. The van der Waals surface area contributed by atoms with Crippen LogP contribution in [0, 0.1) is 11.8 Å². The molecule has 3 aliphatic rings. The Morgan fingerprint density at radius 1 is 1.23 bits per heavy atom. The number of likely N-dealkylation sites (tertiary alicyclic amines) is 2. The number of rotatable bonds is 3. The number of carbonyl (C=O) groups is 2. The van der Waals surface area contributed by atoms with Crippen LogP contribution in [0.5, 0.6) is 0 Å². The topological polar surface area (TPSA) is 49.9 Å². The molecule has 3 heterocycles. The molecule has 4 unspecified atom stereocenters. The molecule has 0 radical (unpaired) electrons. The highest BCUT2D eigenvalue weighted by Crippen LogP contribution is 2.39. The molecule has 0 saturated carbocycles. The van der Waals surface area contributed by atoms with Crippen molar-refractivity contribution in [3.05, 3.63) is 0 Å². The summed E-state index contributed by atoms with van der Waals surface area (Å²) in [5.41, 5.74) is 0. The van der Waals surface area contributed by atoms with Gasteiger partial charge >= 0.3 is 0 Å². The molecule has 0 aromatic rings. The number of ether oxygens (including phenoxy) is 1. The van der Waals surface area contributed by atoms with E-state index in [1.54, 1.807) is 4.90 Å². The summed E-state index contributed by atoms with van der Waals surface area (Å²) in [5.74, 6) is 1.21. The third-order valence-corrected chi connectivity index (χ3v) is 5.63. The molecule has 5 nitrogen and oxygen atoms in total. The summed E-state index contributed by atoms with van der Waals surface area (Å²) in [6, 6.07) is 0. The van der Waals surface area contributed by atoms with E-state index < -0.39 is 0 Å². The fraction of sp³-hybridized carbons (Fsp3) is 0.882. The minimum absolute atomic E-state index is 0.117. The number of amides is 2. The smallest absolute Gasteiger partial charge is 0.242 e. The quantitative estimate of drug-likeness (QED) is 0.797. The predicted octanol–water partition coefficient (Wildman–Crippen LogP) is 1.66. The molecule has 3 aliphatic heterocycles. The fourth-order valence-electron chi connectivity index (χ4n) is 4.29. The zero-order valence-corrected chi connectivity index (χ0v) is 13.8. The maximum Gasteiger partial charge on any atom is 0.242 e. The van der Waals surface area contributed by atoms with Crippen molar-refractivity contribution in [3.8, 4) is 0 Å². The van der Waals surface area contributed by atoms with E-state index in [2.05, 4.69) is 13.8 Å². The first-order valence-corrected chi connectivity index (χ1v) is 8.81. The second-order valence-corrected chi connectivity index (χ2v) is 7.04. The van der Waals surface area contributed by atoms with E-state index in [0.29, 0.717) is 18.3 Å². The first-order chi connectivity index (χ1) is 10.6. The van der Waals surface area contributed by atoms with Gasteiger partial charge in [0.1, 0.15) is 0 Å². The van der Waals surface area contributed by atoms with Crippen LogP contribution in [0.2, 0.25) is 0 Å². The van der Waals surface area contributed by atoms with Gasteiger partial charge in [-0.1, -0.05) is 13.3 Å². The molecule has 2 amide bonds. The lowest BCUT2D eigenvalue weighted by atomic mass is 9.90. The lowest BCUT2D eigenvalue weighted by molar-refractivity contribution is -0.140. The molecule has 0 aromatic heterocycles. The summed E-state index contributed by atoms with van der Waals surface area (Å²) in [6.45, 7) is 6.88. The van der Waals surface area contributed by atoms with Gasteiger partial charge < -0.3 is 14.5 Å². The summed E-state index contributed by atoms with van der Waals surface area (Å²) in [7, 11) is 0. The van der Waals surface area contributed by atoms with Crippen LogP contribution in [-0.4, -0.2) is 60.0 Å². The van der Waals surface area contributed by atoms with Gasteiger partial charge in [0.15, 0.2) is 0 Å². The summed E-state index contributed by atoms with van der Waals surface area (Å²) in [4.78, 5) is 28.4. The predicted molar refractivity (Wildman–Crippen MR) is 83.2 cm³/mol. The third kappa shape index (κ3) is 3.00. The van der Waals surface area contributed by atoms with Crippen LogP contribution in [-0.2, 0) is 14.3 Å². The third-order valence-electron chi connectivity index (χ3n) is 5.63. The first kappa shape index (κ1) is 15.8. The van der Waals surface area contributed by atoms with E-state index in [1.165, 1.54) is 0 Å². The van der Waals surface area contributed by atoms with E-state index in [0.717, 1.165) is 45.3 Å². The van der Waals surface area contributed by atoms with E-state index in [4.69, 9.17) is 4.74 Å². The van der Waals surface area contributed by atoms with Gasteiger partial charge in [-0.05, 0) is 26.2 Å². The summed E-state index contributed by atoms with van der Waals surface area (Å²) in [6.07, 6.45) is 5.22. The van der Waals surface area contributed by atoms with Crippen LogP contribution >= 0.6 is 0 Å². The van der Waals surface area contributed by atoms with Gasteiger partial charge in [-0.25, -0.2) is 0 Å². The molecule has 3 rings (SSSR count). The van der Waals surface area contributed by atoms with Crippen molar-refractivity contribution in [2.24, 2.45) is 11.8 Å². The van der Waals surface area contributed by atoms with Crippen molar-refractivity contribution in [1.82, 2.24) is 9.80 Å². The Kier molecular flexibility index (Phi) is 4.71.